The largest absolute Gasteiger partial charge is 0.416 e. The van der Waals surface area contributed by atoms with Crippen LogP contribution in [-0.4, -0.2) is 28.8 Å². The molecule has 25 heavy (non-hydrogen) atoms. The van der Waals surface area contributed by atoms with E-state index in [1.807, 2.05) is 54.6 Å². The molecular weight excluding hydrogens is 318 g/mol. The van der Waals surface area contributed by atoms with E-state index in [1.54, 1.807) is 0 Å². The SMILES string of the molecule is O=C(Nc1ccc(-c2nnc(-c3ccccc3)o2)cc1)[C@@H]1CCCO1. The van der Waals surface area contributed by atoms with Gasteiger partial charge in [0.05, 0.1) is 0 Å². The fraction of sp³-hybridized carbons (Fsp3) is 0.211. The van der Waals surface area contributed by atoms with Gasteiger partial charge in [0.15, 0.2) is 0 Å². The van der Waals surface area contributed by atoms with Gasteiger partial charge in [-0.2, -0.15) is 0 Å². The minimum Gasteiger partial charge on any atom is -0.416 e. The highest BCUT2D eigenvalue weighted by Gasteiger charge is 2.23. The van der Waals surface area contributed by atoms with Crippen LogP contribution < -0.4 is 5.32 Å². The monoisotopic (exact) mass is 335 g/mol. The first-order valence-corrected chi connectivity index (χ1v) is 8.21. The van der Waals surface area contributed by atoms with Crippen LogP contribution >= 0.6 is 0 Å². The lowest BCUT2D eigenvalue weighted by atomic mass is 10.2. The van der Waals surface area contributed by atoms with Gasteiger partial charge in [0, 0.05) is 23.4 Å². The molecule has 1 N–H and O–H groups in total. The lowest BCUT2D eigenvalue weighted by Crippen LogP contribution is -2.26. The fourth-order valence-corrected chi connectivity index (χ4v) is 2.74. The van der Waals surface area contributed by atoms with Gasteiger partial charge in [-0.05, 0) is 49.2 Å². The van der Waals surface area contributed by atoms with Gasteiger partial charge in [0.2, 0.25) is 11.8 Å². The minimum absolute atomic E-state index is 0.102. The van der Waals surface area contributed by atoms with Crippen LogP contribution in [0.5, 0.6) is 0 Å². The second-order valence-corrected chi connectivity index (χ2v) is 5.85. The maximum absolute atomic E-state index is 12.1. The van der Waals surface area contributed by atoms with E-state index in [2.05, 4.69) is 15.5 Å². The molecule has 126 valence electrons. The summed E-state index contributed by atoms with van der Waals surface area (Å²) in [5.74, 6) is 0.816. The van der Waals surface area contributed by atoms with Gasteiger partial charge >= 0.3 is 0 Å². The number of nitrogens with one attached hydrogen (secondary N) is 1. The number of nitrogens with zero attached hydrogens (tertiary/aromatic N) is 2. The van der Waals surface area contributed by atoms with Crippen LogP contribution in [0.3, 0.4) is 0 Å². The lowest BCUT2D eigenvalue weighted by molar-refractivity contribution is -0.124. The number of rotatable bonds is 4. The molecule has 1 aliphatic rings. The lowest BCUT2D eigenvalue weighted by Gasteiger charge is -2.10. The van der Waals surface area contributed by atoms with Crippen molar-refractivity contribution in [3.63, 3.8) is 0 Å². The van der Waals surface area contributed by atoms with E-state index in [4.69, 9.17) is 9.15 Å². The molecule has 1 atom stereocenters. The van der Waals surface area contributed by atoms with Crippen LogP contribution in [0.25, 0.3) is 22.9 Å². The van der Waals surface area contributed by atoms with Gasteiger partial charge in [0.1, 0.15) is 6.10 Å². The summed E-state index contributed by atoms with van der Waals surface area (Å²) in [7, 11) is 0. The molecular formula is C19H17N3O3. The number of carbonyl (C=O) groups is 1. The maximum Gasteiger partial charge on any atom is 0.253 e. The summed E-state index contributed by atoms with van der Waals surface area (Å²) < 4.78 is 11.1. The standard InChI is InChI=1S/C19H17N3O3/c23-17(16-7-4-12-24-16)20-15-10-8-14(9-11-15)19-22-21-18(25-19)13-5-2-1-3-6-13/h1-3,5-6,8-11,16H,4,7,12H2,(H,20,23)/t16-/m0/s1. The Balaban J connectivity index is 1.47. The Morgan fingerprint density at radius 3 is 2.28 bits per heavy atom. The zero-order valence-corrected chi connectivity index (χ0v) is 13.5. The van der Waals surface area contributed by atoms with Gasteiger partial charge in [-0.15, -0.1) is 10.2 Å². The maximum atomic E-state index is 12.1. The molecule has 1 amide bonds. The highest BCUT2D eigenvalue weighted by Crippen LogP contribution is 2.25. The molecule has 0 spiro atoms. The molecule has 0 saturated carbocycles. The Kier molecular flexibility index (Phi) is 4.26. The molecule has 4 rings (SSSR count). The van der Waals surface area contributed by atoms with Crippen LogP contribution in [0.2, 0.25) is 0 Å². The molecule has 2 heterocycles. The topological polar surface area (TPSA) is 77.3 Å². The first-order chi connectivity index (χ1) is 12.3. The quantitative estimate of drug-likeness (QED) is 0.789. The first kappa shape index (κ1) is 15.5. The predicted molar refractivity (Wildman–Crippen MR) is 92.8 cm³/mol. The molecule has 0 radical (unpaired) electrons. The molecule has 1 fully saturated rings. The van der Waals surface area contributed by atoms with Crippen LogP contribution in [0.1, 0.15) is 12.8 Å². The van der Waals surface area contributed by atoms with Crippen LogP contribution in [0.15, 0.2) is 59.0 Å². The third-order valence-corrected chi connectivity index (χ3v) is 4.07. The average molecular weight is 335 g/mol. The number of amides is 1. The Morgan fingerprint density at radius 1 is 0.960 bits per heavy atom. The Bertz CT molecular complexity index is 853. The number of hydrogen-bond acceptors (Lipinski definition) is 5. The van der Waals surface area contributed by atoms with Crippen molar-refractivity contribution in [3.05, 3.63) is 54.6 Å². The summed E-state index contributed by atoms with van der Waals surface area (Å²) in [6, 6.07) is 16.9. The number of aromatic nitrogens is 2. The summed E-state index contributed by atoms with van der Waals surface area (Å²) in [5, 5.41) is 11.0. The van der Waals surface area contributed by atoms with E-state index in [-0.39, 0.29) is 12.0 Å². The van der Waals surface area contributed by atoms with Crippen molar-refractivity contribution in [2.45, 2.75) is 18.9 Å². The molecule has 0 unspecified atom stereocenters. The number of benzene rings is 2. The summed E-state index contributed by atoms with van der Waals surface area (Å²) in [5.41, 5.74) is 2.39. The molecule has 6 nitrogen and oxygen atoms in total. The molecule has 1 aliphatic heterocycles. The summed E-state index contributed by atoms with van der Waals surface area (Å²) >= 11 is 0. The van der Waals surface area contributed by atoms with E-state index >= 15 is 0 Å². The summed E-state index contributed by atoms with van der Waals surface area (Å²) in [6.45, 7) is 0.651. The second-order valence-electron chi connectivity index (χ2n) is 5.85. The second kappa shape index (κ2) is 6.86. The first-order valence-electron chi connectivity index (χ1n) is 8.21. The van der Waals surface area contributed by atoms with Crippen LogP contribution in [0, 0.1) is 0 Å². The van der Waals surface area contributed by atoms with Crippen molar-refractivity contribution in [2.75, 3.05) is 11.9 Å². The molecule has 6 heteroatoms. The Hall–Kier alpha value is -2.99. The van der Waals surface area contributed by atoms with E-state index in [9.17, 15) is 4.79 Å². The minimum atomic E-state index is -0.343. The highest BCUT2D eigenvalue weighted by molar-refractivity contribution is 5.94. The fourth-order valence-electron chi connectivity index (χ4n) is 2.74. The third-order valence-electron chi connectivity index (χ3n) is 4.07. The van der Waals surface area contributed by atoms with E-state index < -0.39 is 0 Å². The highest BCUT2D eigenvalue weighted by atomic mass is 16.5. The molecule has 3 aromatic rings. The van der Waals surface area contributed by atoms with Gasteiger partial charge < -0.3 is 14.5 Å². The number of hydrogen-bond donors (Lipinski definition) is 1. The van der Waals surface area contributed by atoms with Crippen molar-refractivity contribution < 1.29 is 13.9 Å². The smallest absolute Gasteiger partial charge is 0.253 e. The van der Waals surface area contributed by atoms with Gasteiger partial charge in [-0.1, -0.05) is 18.2 Å². The van der Waals surface area contributed by atoms with Crippen LogP contribution in [0.4, 0.5) is 5.69 Å². The molecule has 1 aromatic heterocycles. The molecule has 2 aromatic carbocycles. The van der Waals surface area contributed by atoms with E-state index in [0.29, 0.717) is 24.1 Å². The molecule has 1 saturated heterocycles. The van der Waals surface area contributed by atoms with E-state index in [0.717, 1.165) is 24.0 Å². The zero-order valence-electron chi connectivity index (χ0n) is 13.5. The number of anilines is 1. The average Bonchev–Trinajstić information content (AvgIpc) is 3.35. The van der Waals surface area contributed by atoms with Crippen molar-refractivity contribution >= 4 is 11.6 Å². The van der Waals surface area contributed by atoms with E-state index in [1.165, 1.54) is 0 Å². The summed E-state index contributed by atoms with van der Waals surface area (Å²) in [6.07, 6.45) is 1.36. The Labute approximate surface area is 144 Å². The van der Waals surface area contributed by atoms with Crippen molar-refractivity contribution in [1.29, 1.82) is 0 Å². The van der Waals surface area contributed by atoms with Crippen molar-refractivity contribution in [2.24, 2.45) is 0 Å². The van der Waals surface area contributed by atoms with Crippen LogP contribution in [-0.2, 0) is 9.53 Å². The van der Waals surface area contributed by atoms with Gasteiger partial charge in [0.25, 0.3) is 5.91 Å². The van der Waals surface area contributed by atoms with Gasteiger partial charge in [-0.25, -0.2) is 0 Å². The molecule has 0 bridgehead atoms. The van der Waals surface area contributed by atoms with Crippen molar-refractivity contribution in [3.8, 4) is 22.9 Å². The van der Waals surface area contributed by atoms with Gasteiger partial charge in [-0.3, -0.25) is 4.79 Å². The number of carbonyl (C=O) groups excluding carboxylic acids is 1. The predicted octanol–water partition coefficient (Wildman–Crippen LogP) is 3.52. The summed E-state index contributed by atoms with van der Waals surface area (Å²) in [4.78, 5) is 12.1. The third kappa shape index (κ3) is 3.44. The molecule has 0 aliphatic carbocycles. The Morgan fingerprint density at radius 2 is 1.64 bits per heavy atom. The normalized spacial score (nSPS) is 16.7. The van der Waals surface area contributed by atoms with Crippen molar-refractivity contribution in [1.82, 2.24) is 10.2 Å². The number of ether oxygens (including phenoxy) is 1. The zero-order chi connectivity index (χ0) is 17.1.